The SMILES string of the molecule is CNCC(C)(C)c1cn(C)c2c(OC)cc(C)cc12. The maximum Gasteiger partial charge on any atom is 0.143 e. The molecule has 2 aromatic rings. The number of aryl methyl sites for hydroxylation is 2. The van der Waals surface area contributed by atoms with Gasteiger partial charge in [-0.15, -0.1) is 0 Å². The lowest BCUT2D eigenvalue weighted by Crippen LogP contribution is -2.30. The number of hydrogen-bond acceptors (Lipinski definition) is 2. The molecule has 0 fully saturated rings. The Kier molecular flexibility index (Phi) is 3.59. The number of ether oxygens (including phenoxy) is 1. The van der Waals surface area contributed by atoms with E-state index in [-0.39, 0.29) is 5.41 Å². The Bertz CT molecular complexity index is 596. The van der Waals surface area contributed by atoms with Crippen molar-refractivity contribution in [2.24, 2.45) is 7.05 Å². The summed E-state index contributed by atoms with van der Waals surface area (Å²) in [5.74, 6) is 0.948. The number of benzene rings is 1. The van der Waals surface area contributed by atoms with Gasteiger partial charge in [0, 0.05) is 30.6 Å². The molecular formula is C16H24N2O. The molecule has 1 aromatic heterocycles. The standard InChI is InChI=1S/C16H24N2O/c1-11-7-12-13(16(2,3)10-17-4)9-18(5)15(12)14(8-11)19-6/h7-9,17H,10H2,1-6H3. The van der Waals surface area contributed by atoms with Crippen LogP contribution in [0.5, 0.6) is 5.75 Å². The Morgan fingerprint density at radius 1 is 1.32 bits per heavy atom. The van der Waals surface area contributed by atoms with Gasteiger partial charge in [-0.05, 0) is 37.2 Å². The lowest BCUT2D eigenvalue weighted by Gasteiger charge is -2.24. The van der Waals surface area contributed by atoms with E-state index in [0.29, 0.717) is 0 Å². The summed E-state index contributed by atoms with van der Waals surface area (Å²) >= 11 is 0. The van der Waals surface area contributed by atoms with E-state index in [9.17, 15) is 0 Å². The Morgan fingerprint density at radius 3 is 2.58 bits per heavy atom. The molecule has 1 aromatic carbocycles. The molecule has 0 atom stereocenters. The van der Waals surface area contributed by atoms with Crippen LogP contribution in [0.2, 0.25) is 0 Å². The molecule has 0 aliphatic carbocycles. The van der Waals surface area contributed by atoms with Crippen LogP contribution in [0.1, 0.15) is 25.0 Å². The van der Waals surface area contributed by atoms with Crippen molar-refractivity contribution in [2.45, 2.75) is 26.2 Å². The zero-order valence-corrected chi connectivity index (χ0v) is 12.8. The van der Waals surface area contributed by atoms with Crippen molar-refractivity contribution in [2.75, 3.05) is 20.7 Å². The van der Waals surface area contributed by atoms with E-state index in [0.717, 1.165) is 12.3 Å². The molecule has 1 heterocycles. The summed E-state index contributed by atoms with van der Waals surface area (Å²) < 4.78 is 7.71. The normalized spacial score (nSPS) is 12.1. The van der Waals surface area contributed by atoms with Crippen LogP contribution in [0.25, 0.3) is 10.9 Å². The van der Waals surface area contributed by atoms with Crippen molar-refractivity contribution in [3.63, 3.8) is 0 Å². The number of aromatic nitrogens is 1. The van der Waals surface area contributed by atoms with E-state index >= 15 is 0 Å². The van der Waals surface area contributed by atoms with Gasteiger partial charge in [0.2, 0.25) is 0 Å². The third-order valence-electron chi connectivity index (χ3n) is 3.75. The Labute approximate surface area is 115 Å². The lowest BCUT2D eigenvalue weighted by molar-refractivity contribution is 0.417. The van der Waals surface area contributed by atoms with Gasteiger partial charge in [0.25, 0.3) is 0 Å². The first-order valence-electron chi connectivity index (χ1n) is 6.69. The summed E-state index contributed by atoms with van der Waals surface area (Å²) in [5.41, 5.74) is 3.86. The highest BCUT2D eigenvalue weighted by molar-refractivity contribution is 5.90. The molecule has 0 amide bonds. The number of likely N-dealkylation sites (N-methyl/N-ethyl adjacent to an activating group) is 1. The molecule has 0 bridgehead atoms. The highest BCUT2D eigenvalue weighted by Gasteiger charge is 2.25. The van der Waals surface area contributed by atoms with Gasteiger partial charge in [-0.1, -0.05) is 13.8 Å². The summed E-state index contributed by atoms with van der Waals surface area (Å²) in [6.45, 7) is 7.60. The molecule has 0 spiro atoms. The van der Waals surface area contributed by atoms with Crippen LogP contribution in [0, 0.1) is 6.92 Å². The van der Waals surface area contributed by atoms with Crippen LogP contribution < -0.4 is 10.1 Å². The zero-order chi connectivity index (χ0) is 14.2. The highest BCUT2D eigenvalue weighted by Crippen LogP contribution is 2.36. The van der Waals surface area contributed by atoms with Crippen LogP contribution in [0.3, 0.4) is 0 Å². The van der Waals surface area contributed by atoms with Crippen LogP contribution in [-0.2, 0) is 12.5 Å². The van der Waals surface area contributed by atoms with E-state index in [1.54, 1.807) is 7.11 Å². The minimum atomic E-state index is 0.0903. The number of methoxy groups -OCH3 is 1. The predicted molar refractivity (Wildman–Crippen MR) is 81.2 cm³/mol. The molecule has 3 nitrogen and oxygen atoms in total. The average molecular weight is 260 g/mol. The second kappa shape index (κ2) is 4.89. The molecule has 0 saturated carbocycles. The first-order chi connectivity index (χ1) is 8.90. The minimum absolute atomic E-state index is 0.0903. The van der Waals surface area contributed by atoms with E-state index in [1.165, 1.54) is 22.0 Å². The van der Waals surface area contributed by atoms with Gasteiger partial charge in [0.1, 0.15) is 5.75 Å². The number of hydrogen-bond donors (Lipinski definition) is 1. The summed E-state index contributed by atoms with van der Waals surface area (Å²) in [7, 11) is 5.82. The van der Waals surface area contributed by atoms with Crippen molar-refractivity contribution in [1.29, 1.82) is 0 Å². The van der Waals surface area contributed by atoms with Crippen molar-refractivity contribution in [3.05, 3.63) is 29.5 Å². The number of nitrogens with zero attached hydrogens (tertiary/aromatic N) is 1. The Hall–Kier alpha value is -1.48. The van der Waals surface area contributed by atoms with E-state index in [4.69, 9.17) is 4.74 Å². The quantitative estimate of drug-likeness (QED) is 0.914. The Morgan fingerprint density at radius 2 is 2.00 bits per heavy atom. The van der Waals surface area contributed by atoms with Gasteiger partial charge in [-0.25, -0.2) is 0 Å². The maximum atomic E-state index is 5.54. The maximum absolute atomic E-state index is 5.54. The average Bonchev–Trinajstić information content (AvgIpc) is 2.66. The van der Waals surface area contributed by atoms with Gasteiger partial charge < -0.3 is 14.6 Å². The highest BCUT2D eigenvalue weighted by atomic mass is 16.5. The lowest BCUT2D eigenvalue weighted by atomic mass is 9.84. The third kappa shape index (κ3) is 2.35. The summed E-state index contributed by atoms with van der Waals surface area (Å²) in [6.07, 6.45) is 2.23. The van der Waals surface area contributed by atoms with Crippen molar-refractivity contribution >= 4 is 10.9 Å². The summed E-state index contributed by atoms with van der Waals surface area (Å²) in [4.78, 5) is 0. The zero-order valence-electron chi connectivity index (χ0n) is 12.8. The second-order valence-corrected chi connectivity index (χ2v) is 5.93. The number of nitrogens with one attached hydrogen (secondary N) is 1. The predicted octanol–water partition coefficient (Wildman–Crippen LogP) is 2.99. The fourth-order valence-corrected chi connectivity index (χ4v) is 2.87. The molecular weight excluding hydrogens is 236 g/mol. The monoisotopic (exact) mass is 260 g/mol. The molecule has 0 aliphatic rings. The van der Waals surface area contributed by atoms with Crippen LogP contribution in [0.15, 0.2) is 18.3 Å². The largest absolute Gasteiger partial charge is 0.495 e. The molecule has 0 saturated heterocycles. The van der Waals surface area contributed by atoms with Gasteiger partial charge in [-0.2, -0.15) is 0 Å². The molecule has 3 heteroatoms. The summed E-state index contributed by atoms with van der Waals surface area (Å²) in [6, 6.07) is 4.35. The molecule has 0 radical (unpaired) electrons. The minimum Gasteiger partial charge on any atom is -0.495 e. The van der Waals surface area contributed by atoms with Gasteiger partial charge in [0.15, 0.2) is 0 Å². The molecule has 1 N–H and O–H groups in total. The third-order valence-corrected chi connectivity index (χ3v) is 3.75. The number of rotatable bonds is 4. The topological polar surface area (TPSA) is 26.2 Å². The van der Waals surface area contributed by atoms with Crippen molar-refractivity contribution in [3.8, 4) is 5.75 Å². The van der Waals surface area contributed by atoms with E-state index in [2.05, 4.69) is 56.0 Å². The Balaban J connectivity index is 2.74. The van der Waals surface area contributed by atoms with Gasteiger partial charge in [0.05, 0.1) is 12.6 Å². The van der Waals surface area contributed by atoms with Crippen molar-refractivity contribution in [1.82, 2.24) is 9.88 Å². The molecule has 2 rings (SSSR count). The molecule has 19 heavy (non-hydrogen) atoms. The fourth-order valence-electron chi connectivity index (χ4n) is 2.87. The van der Waals surface area contributed by atoms with Gasteiger partial charge in [-0.3, -0.25) is 0 Å². The van der Waals surface area contributed by atoms with Crippen LogP contribution in [0.4, 0.5) is 0 Å². The van der Waals surface area contributed by atoms with Gasteiger partial charge >= 0.3 is 0 Å². The first kappa shape index (κ1) is 13.9. The molecule has 104 valence electrons. The number of fused-ring (bicyclic) bond motifs is 1. The summed E-state index contributed by atoms with van der Waals surface area (Å²) in [5, 5.41) is 4.57. The van der Waals surface area contributed by atoms with Crippen LogP contribution in [-0.4, -0.2) is 25.3 Å². The fraction of sp³-hybridized carbons (Fsp3) is 0.500. The smallest absolute Gasteiger partial charge is 0.143 e. The second-order valence-electron chi connectivity index (χ2n) is 5.93. The van der Waals surface area contributed by atoms with E-state index in [1.807, 2.05) is 7.05 Å². The molecule has 0 unspecified atom stereocenters. The van der Waals surface area contributed by atoms with E-state index < -0.39 is 0 Å². The first-order valence-corrected chi connectivity index (χ1v) is 6.69. The van der Waals surface area contributed by atoms with Crippen LogP contribution >= 0.6 is 0 Å². The molecule has 0 aliphatic heterocycles. The van der Waals surface area contributed by atoms with Crippen molar-refractivity contribution < 1.29 is 4.74 Å².